The number of nitrogens with zero attached hydrogens (tertiary/aromatic N) is 2. The van der Waals surface area contributed by atoms with E-state index < -0.39 is 0 Å². The van der Waals surface area contributed by atoms with Crippen molar-refractivity contribution < 1.29 is 9.47 Å². The van der Waals surface area contributed by atoms with Crippen LogP contribution in [-0.2, 0) is 9.47 Å². The van der Waals surface area contributed by atoms with Crippen LogP contribution >= 0.6 is 0 Å². The molecule has 4 heteroatoms. The third kappa shape index (κ3) is 4.22. The Labute approximate surface area is 97.8 Å². The van der Waals surface area contributed by atoms with Gasteiger partial charge in [-0.15, -0.1) is 0 Å². The van der Waals surface area contributed by atoms with Crippen molar-refractivity contribution in [3.05, 3.63) is 12.2 Å². The van der Waals surface area contributed by atoms with Gasteiger partial charge < -0.3 is 9.47 Å². The van der Waals surface area contributed by atoms with Crippen molar-refractivity contribution in [3.8, 4) is 0 Å². The first-order valence-corrected chi connectivity index (χ1v) is 6.20. The Morgan fingerprint density at radius 3 is 1.69 bits per heavy atom. The molecule has 0 amide bonds. The van der Waals surface area contributed by atoms with Gasteiger partial charge in [0.1, 0.15) is 0 Å². The van der Waals surface area contributed by atoms with Gasteiger partial charge in [-0.2, -0.15) is 0 Å². The van der Waals surface area contributed by atoms with Crippen LogP contribution in [0.15, 0.2) is 12.2 Å². The molecule has 92 valence electrons. The summed E-state index contributed by atoms with van der Waals surface area (Å²) in [4.78, 5) is 4.69. The second kappa shape index (κ2) is 7.01. The molecule has 0 atom stereocenters. The monoisotopic (exact) mass is 226 g/mol. The van der Waals surface area contributed by atoms with E-state index in [1.54, 1.807) is 0 Å². The van der Waals surface area contributed by atoms with E-state index >= 15 is 0 Å². The fourth-order valence-corrected chi connectivity index (χ4v) is 2.01. The van der Waals surface area contributed by atoms with E-state index in [1.165, 1.54) is 0 Å². The largest absolute Gasteiger partial charge is 0.365 e. The minimum absolute atomic E-state index is 0.818. The Morgan fingerprint density at radius 2 is 1.31 bits per heavy atom. The van der Waals surface area contributed by atoms with E-state index in [1.807, 2.05) is 0 Å². The Morgan fingerprint density at radius 1 is 0.812 bits per heavy atom. The molecule has 2 aliphatic rings. The predicted molar refractivity (Wildman–Crippen MR) is 63.2 cm³/mol. The first-order chi connectivity index (χ1) is 7.95. The molecule has 0 saturated carbocycles. The third-order valence-corrected chi connectivity index (χ3v) is 3.04. The molecule has 16 heavy (non-hydrogen) atoms. The first-order valence-electron chi connectivity index (χ1n) is 6.20. The SMILES string of the molecule is C(=C\CCN1CCOC1)/CCN1CCOC1. The number of rotatable bonds is 6. The van der Waals surface area contributed by atoms with Gasteiger partial charge in [-0.25, -0.2) is 0 Å². The zero-order chi connectivity index (χ0) is 11.1. The van der Waals surface area contributed by atoms with E-state index in [0.29, 0.717) is 0 Å². The van der Waals surface area contributed by atoms with E-state index in [-0.39, 0.29) is 0 Å². The molecule has 2 fully saturated rings. The Kier molecular flexibility index (Phi) is 5.28. The molecule has 0 N–H and O–H groups in total. The lowest BCUT2D eigenvalue weighted by Gasteiger charge is -2.11. The molecule has 4 nitrogen and oxygen atoms in total. The molecule has 0 radical (unpaired) electrons. The fraction of sp³-hybridized carbons (Fsp3) is 0.833. The summed E-state index contributed by atoms with van der Waals surface area (Å²) in [6.45, 7) is 7.89. The minimum Gasteiger partial charge on any atom is -0.365 e. The molecular weight excluding hydrogens is 204 g/mol. The second-order valence-electron chi connectivity index (χ2n) is 4.36. The van der Waals surface area contributed by atoms with Gasteiger partial charge in [0.05, 0.1) is 26.7 Å². The molecule has 2 saturated heterocycles. The maximum absolute atomic E-state index is 5.28. The number of ether oxygens (including phenoxy) is 2. The summed E-state index contributed by atoms with van der Waals surface area (Å²) in [7, 11) is 0. The predicted octanol–water partition coefficient (Wildman–Crippen LogP) is 0.902. The first kappa shape index (κ1) is 12.0. The highest BCUT2D eigenvalue weighted by molar-refractivity contribution is 4.83. The van der Waals surface area contributed by atoms with Crippen LogP contribution in [0, 0.1) is 0 Å². The molecule has 0 aromatic heterocycles. The second-order valence-corrected chi connectivity index (χ2v) is 4.36. The smallest absolute Gasteiger partial charge is 0.0991 e. The zero-order valence-electron chi connectivity index (χ0n) is 9.94. The standard InChI is InChI=1S/C12H22N2O2/c1(3-5-13-7-9-15-11-13)2-4-6-14-8-10-16-12-14/h1-2H,3-12H2/b2-1+. The summed E-state index contributed by atoms with van der Waals surface area (Å²) < 4.78 is 10.6. The maximum atomic E-state index is 5.28. The highest BCUT2D eigenvalue weighted by Gasteiger charge is 2.10. The van der Waals surface area contributed by atoms with Crippen molar-refractivity contribution in [2.45, 2.75) is 12.8 Å². The van der Waals surface area contributed by atoms with Crippen LogP contribution in [-0.4, -0.2) is 62.7 Å². The molecule has 0 unspecified atom stereocenters. The van der Waals surface area contributed by atoms with Crippen molar-refractivity contribution in [1.29, 1.82) is 0 Å². The Bertz CT molecular complexity index is 187. The molecular formula is C12H22N2O2. The van der Waals surface area contributed by atoms with E-state index in [4.69, 9.17) is 9.47 Å². The van der Waals surface area contributed by atoms with Crippen molar-refractivity contribution in [2.75, 3.05) is 52.9 Å². The average molecular weight is 226 g/mol. The van der Waals surface area contributed by atoms with E-state index in [9.17, 15) is 0 Å². The van der Waals surface area contributed by atoms with Gasteiger partial charge in [-0.3, -0.25) is 9.80 Å². The summed E-state index contributed by atoms with van der Waals surface area (Å²) in [5.41, 5.74) is 0. The molecule has 2 aliphatic heterocycles. The summed E-state index contributed by atoms with van der Waals surface area (Å²) in [6, 6.07) is 0. The van der Waals surface area contributed by atoms with Gasteiger partial charge in [-0.1, -0.05) is 12.2 Å². The highest BCUT2D eigenvalue weighted by Crippen LogP contribution is 2.02. The Balaban J connectivity index is 1.45. The van der Waals surface area contributed by atoms with Crippen molar-refractivity contribution in [1.82, 2.24) is 9.80 Å². The number of hydrogen-bond acceptors (Lipinski definition) is 4. The van der Waals surface area contributed by atoms with Crippen molar-refractivity contribution in [3.63, 3.8) is 0 Å². The molecule has 0 spiro atoms. The normalized spacial score (nSPS) is 23.8. The van der Waals surface area contributed by atoms with Crippen molar-refractivity contribution in [2.24, 2.45) is 0 Å². The fourth-order valence-electron chi connectivity index (χ4n) is 2.01. The van der Waals surface area contributed by atoms with E-state index in [0.717, 1.165) is 65.7 Å². The van der Waals surface area contributed by atoms with Gasteiger partial charge in [0.25, 0.3) is 0 Å². The molecule has 0 aromatic carbocycles. The third-order valence-electron chi connectivity index (χ3n) is 3.04. The Hall–Kier alpha value is -0.420. The molecule has 2 rings (SSSR count). The van der Waals surface area contributed by atoms with Gasteiger partial charge >= 0.3 is 0 Å². The van der Waals surface area contributed by atoms with Crippen LogP contribution in [0.5, 0.6) is 0 Å². The molecule has 0 aromatic rings. The van der Waals surface area contributed by atoms with Crippen molar-refractivity contribution >= 4 is 0 Å². The lowest BCUT2D eigenvalue weighted by Crippen LogP contribution is -2.21. The van der Waals surface area contributed by atoms with Gasteiger partial charge in [0, 0.05) is 26.2 Å². The number of hydrogen-bond donors (Lipinski definition) is 0. The lowest BCUT2D eigenvalue weighted by molar-refractivity contribution is 0.141. The molecule has 2 heterocycles. The van der Waals surface area contributed by atoms with Gasteiger partial charge in [0.2, 0.25) is 0 Å². The van der Waals surface area contributed by atoms with E-state index in [2.05, 4.69) is 22.0 Å². The van der Waals surface area contributed by atoms with Crippen LogP contribution in [0.25, 0.3) is 0 Å². The molecule has 0 bridgehead atoms. The molecule has 0 aliphatic carbocycles. The zero-order valence-corrected chi connectivity index (χ0v) is 9.94. The quantitative estimate of drug-likeness (QED) is 0.628. The highest BCUT2D eigenvalue weighted by atomic mass is 16.5. The summed E-state index contributed by atoms with van der Waals surface area (Å²) in [5.74, 6) is 0. The maximum Gasteiger partial charge on any atom is 0.0991 e. The van der Waals surface area contributed by atoms with Crippen LogP contribution in [0.1, 0.15) is 12.8 Å². The summed E-state index contributed by atoms with van der Waals surface area (Å²) >= 11 is 0. The van der Waals surface area contributed by atoms with Gasteiger partial charge in [0.15, 0.2) is 0 Å². The minimum atomic E-state index is 0.818. The summed E-state index contributed by atoms with van der Waals surface area (Å²) in [5, 5.41) is 0. The van der Waals surface area contributed by atoms with Crippen LogP contribution in [0.2, 0.25) is 0 Å². The average Bonchev–Trinajstić information content (AvgIpc) is 2.96. The summed E-state index contributed by atoms with van der Waals surface area (Å²) in [6.07, 6.45) is 6.85. The van der Waals surface area contributed by atoms with Crippen LogP contribution in [0.3, 0.4) is 0 Å². The lowest BCUT2D eigenvalue weighted by atomic mass is 10.3. The van der Waals surface area contributed by atoms with Crippen LogP contribution < -0.4 is 0 Å². The van der Waals surface area contributed by atoms with Crippen LogP contribution in [0.4, 0.5) is 0 Å². The van der Waals surface area contributed by atoms with Gasteiger partial charge in [-0.05, 0) is 12.8 Å². The topological polar surface area (TPSA) is 24.9 Å².